The van der Waals surface area contributed by atoms with Gasteiger partial charge in [-0.05, 0) is 49.3 Å². The molecule has 3 saturated heterocycles. The number of hydrogen-bond acceptors (Lipinski definition) is 7. The van der Waals surface area contributed by atoms with Gasteiger partial charge in [0.05, 0.1) is 17.2 Å². The molecule has 4 aliphatic rings. The van der Waals surface area contributed by atoms with Gasteiger partial charge in [0.1, 0.15) is 12.5 Å². The molecule has 158 valence electrons. The quantitative estimate of drug-likeness (QED) is 0.507. The number of amides is 2. The number of nitrogens with zero attached hydrogens (tertiary/aromatic N) is 2. The number of rotatable bonds is 2. The molecule has 4 N–H and O–H groups in total. The summed E-state index contributed by atoms with van der Waals surface area (Å²) in [5.41, 5.74) is 2.22. The second kappa shape index (κ2) is 7.52. The third-order valence-electron chi connectivity index (χ3n) is 6.89. The molecule has 3 atom stereocenters. The molecule has 0 saturated carbocycles. The van der Waals surface area contributed by atoms with Crippen molar-refractivity contribution >= 4 is 29.9 Å². The van der Waals surface area contributed by atoms with Crippen LogP contribution in [0.15, 0.2) is 18.2 Å². The Morgan fingerprint density at radius 3 is 2.31 bits per heavy atom. The minimum atomic E-state index is -1.13. The average molecular weight is 423 g/mol. The lowest BCUT2D eigenvalue weighted by atomic mass is 9.73. The third kappa shape index (κ3) is 3.33. The number of carbonyl (C=O) groups excluding carboxylic acids is 2. The number of anilines is 1. The van der Waals surface area contributed by atoms with Gasteiger partial charge in [-0.1, -0.05) is 0 Å². The predicted octanol–water partition coefficient (Wildman–Crippen LogP) is 0.283. The van der Waals surface area contributed by atoms with Gasteiger partial charge in [0.25, 0.3) is 11.8 Å². The number of carbonyl (C=O) groups is 2. The molecule has 1 aromatic carbocycles. The van der Waals surface area contributed by atoms with Crippen LogP contribution in [0.25, 0.3) is 0 Å². The molecule has 3 fully saturated rings. The van der Waals surface area contributed by atoms with Crippen LogP contribution in [0.3, 0.4) is 0 Å². The first-order valence-electron chi connectivity index (χ1n) is 10.1. The molecule has 0 radical (unpaired) electrons. The van der Waals surface area contributed by atoms with E-state index >= 15 is 0 Å². The second-order valence-electron chi connectivity index (χ2n) is 8.57. The van der Waals surface area contributed by atoms with E-state index < -0.39 is 18.5 Å². The van der Waals surface area contributed by atoms with Crippen molar-refractivity contribution in [1.82, 2.24) is 15.5 Å². The summed E-state index contributed by atoms with van der Waals surface area (Å²) in [4.78, 5) is 29.3. The number of aliphatic hydroxyl groups is 2. The highest BCUT2D eigenvalue weighted by Crippen LogP contribution is 2.38. The van der Waals surface area contributed by atoms with Crippen molar-refractivity contribution in [3.05, 3.63) is 29.3 Å². The molecule has 3 unspecified atom stereocenters. The Labute approximate surface area is 175 Å². The Kier molecular flexibility index (Phi) is 5.33. The van der Waals surface area contributed by atoms with Gasteiger partial charge < -0.3 is 20.4 Å². The van der Waals surface area contributed by atoms with E-state index in [1.807, 2.05) is 12.1 Å². The van der Waals surface area contributed by atoms with Gasteiger partial charge in [0.15, 0.2) is 0 Å². The molecule has 29 heavy (non-hydrogen) atoms. The maximum atomic E-state index is 13.0. The lowest BCUT2D eigenvalue weighted by molar-refractivity contribution is -0.0413. The van der Waals surface area contributed by atoms with Crippen molar-refractivity contribution in [1.29, 1.82) is 0 Å². The molecule has 1 aromatic rings. The lowest BCUT2D eigenvalue weighted by Crippen LogP contribution is -2.58. The van der Waals surface area contributed by atoms with Crippen molar-refractivity contribution in [2.75, 3.05) is 31.1 Å². The highest BCUT2D eigenvalue weighted by molar-refractivity contribution is 6.22. The zero-order valence-corrected chi connectivity index (χ0v) is 17.0. The summed E-state index contributed by atoms with van der Waals surface area (Å²) in [6.45, 7) is 4.10. The van der Waals surface area contributed by atoms with Gasteiger partial charge in [0.2, 0.25) is 0 Å². The summed E-state index contributed by atoms with van der Waals surface area (Å²) >= 11 is 0. The Hall–Kier alpha value is -1.71. The number of benzene rings is 1. The molecule has 2 amide bonds. The Bertz CT molecular complexity index is 821. The smallest absolute Gasteiger partial charge is 0.262 e. The lowest BCUT2D eigenvalue weighted by Gasteiger charge is -2.49. The van der Waals surface area contributed by atoms with Gasteiger partial charge in [-0.3, -0.25) is 19.8 Å². The van der Waals surface area contributed by atoms with Gasteiger partial charge in [-0.2, -0.15) is 0 Å². The minimum absolute atomic E-state index is 0. The molecule has 4 aliphatic heterocycles. The molecular weight excluding hydrogens is 396 g/mol. The normalized spacial score (nSPS) is 30.8. The minimum Gasteiger partial charge on any atom is -0.379 e. The Balaban J connectivity index is 0.00000205. The standard InChI is InChI=1S/C20H26N4O4.ClH/c25-16-4-3-15(17(26)22-16)24-18(27)13-2-1-12(9-14(13)19(24)28)23-7-5-20(6-8-23)10-21-11-20;/h1-2,9,15-17,21-22,25-26H,3-8,10-11H2;1H. The van der Waals surface area contributed by atoms with Gasteiger partial charge >= 0.3 is 0 Å². The predicted molar refractivity (Wildman–Crippen MR) is 109 cm³/mol. The fourth-order valence-electron chi connectivity index (χ4n) is 4.97. The highest BCUT2D eigenvalue weighted by atomic mass is 35.5. The van der Waals surface area contributed by atoms with E-state index in [9.17, 15) is 19.8 Å². The number of hydrogen-bond donors (Lipinski definition) is 4. The summed E-state index contributed by atoms with van der Waals surface area (Å²) in [5, 5.41) is 25.8. The zero-order valence-electron chi connectivity index (χ0n) is 16.1. The van der Waals surface area contributed by atoms with Crippen LogP contribution in [-0.2, 0) is 0 Å². The largest absolute Gasteiger partial charge is 0.379 e. The molecule has 0 bridgehead atoms. The first kappa shape index (κ1) is 20.6. The number of aliphatic hydroxyl groups excluding tert-OH is 2. The molecule has 0 aliphatic carbocycles. The summed E-state index contributed by atoms with van der Waals surface area (Å²) in [7, 11) is 0. The van der Waals surface area contributed by atoms with E-state index in [0.29, 0.717) is 29.4 Å². The van der Waals surface area contributed by atoms with Crippen molar-refractivity contribution in [3.8, 4) is 0 Å². The first-order valence-corrected chi connectivity index (χ1v) is 10.1. The highest BCUT2D eigenvalue weighted by Gasteiger charge is 2.45. The van der Waals surface area contributed by atoms with E-state index in [0.717, 1.165) is 49.6 Å². The number of fused-ring (bicyclic) bond motifs is 1. The fourth-order valence-corrected chi connectivity index (χ4v) is 4.97. The Morgan fingerprint density at radius 2 is 1.69 bits per heavy atom. The second-order valence-corrected chi connectivity index (χ2v) is 8.57. The topological polar surface area (TPSA) is 105 Å². The molecule has 1 spiro atoms. The van der Waals surface area contributed by atoms with Crippen molar-refractivity contribution in [2.45, 2.75) is 44.2 Å². The van der Waals surface area contributed by atoms with E-state index in [1.165, 1.54) is 0 Å². The summed E-state index contributed by atoms with van der Waals surface area (Å²) in [5.74, 6) is -0.729. The number of halogens is 1. The van der Waals surface area contributed by atoms with E-state index in [-0.39, 0.29) is 24.2 Å². The van der Waals surface area contributed by atoms with Crippen molar-refractivity contribution in [3.63, 3.8) is 0 Å². The van der Waals surface area contributed by atoms with E-state index in [4.69, 9.17) is 0 Å². The number of imide groups is 1. The summed E-state index contributed by atoms with van der Waals surface area (Å²) in [6, 6.07) is 4.81. The van der Waals surface area contributed by atoms with Crippen LogP contribution in [-0.4, -0.2) is 71.6 Å². The fraction of sp³-hybridized carbons (Fsp3) is 0.600. The molecule has 9 heteroatoms. The van der Waals surface area contributed by atoms with Crippen LogP contribution in [0.2, 0.25) is 0 Å². The number of piperidine rings is 2. The van der Waals surface area contributed by atoms with Crippen LogP contribution in [0.4, 0.5) is 5.69 Å². The van der Waals surface area contributed by atoms with Crippen LogP contribution in [0, 0.1) is 5.41 Å². The van der Waals surface area contributed by atoms with Crippen molar-refractivity contribution < 1.29 is 19.8 Å². The van der Waals surface area contributed by atoms with Crippen LogP contribution in [0.5, 0.6) is 0 Å². The maximum absolute atomic E-state index is 13.0. The van der Waals surface area contributed by atoms with Gasteiger partial charge in [-0.15, -0.1) is 12.4 Å². The van der Waals surface area contributed by atoms with Crippen LogP contribution < -0.4 is 15.5 Å². The van der Waals surface area contributed by atoms with Gasteiger partial charge in [0, 0.05) is 31.9 Å². The first-order chi connectivity index (χ1) is 13.5. The molecule has 0 aromatic heterocycles. The molecular formula is C20H27ClN4O4. The van der Waals surface area contributed by atoms with E-state index in [1.54, 1.807) is 6.07 Å². The summed E-state index contributed by atoms with van der Waals surface area (Å²) in [6.07, 6.45) is 1.08. The summed E-state index contributed by atoms with van der Waals surface area (Å²) < 4.78 is 0. The zero-order chi connectivity index (χ0) is 19.5. The van der Waals surface area contributed by atoms with E-state index in [2.05, 4.69) is 15.5 Å². The SMILES string of the molecule is Cl.O=C1c2ccc(N3CCC4(CC3)CNC4)cc2C(=O)N1C1CCC(O)NC1O. The molecule has 8 nitrogen and oxygen atoms in total. The average Bonchev–Trinajstić information content (AvgIpc) is 2.91. The number of nitrogens with one attached hydrogen (secondary N) is 2. The monoisotopic (exact) mass is 422 g/mol. The molecule has 5 rings (SSSR count). The Morgan fingerprint density at radius 1 is 1.00 bits per heavy atom. The van der Waals surface area contributed by atoms with Crippen molar-refractivity contribution in [2.24, 2.45) is 5.41 Å². The third-order valence-corrected chi connectivity index (χ3v) is 6.89. The van der Waals surface area contributed by atoms with Crippen LogP contribution >= 0.6 is 12.4 Å². The molecule has 4 heterocycles. The van der Waals surface area contributed by atoms with Gasteiger partial charge in [-0.25, -0.2) is 0 Å². The van der Waals surface area contributed by atoms with Crippen LogP contribution in [0.1, 0.15) is 46.4 Å². The maximum Gasteiger partial charge on any atom is 0.262 e.